The van der Waals surface area contributed by atoms with Crippen LogP contribution in [0.5, 0.6) is 0 Å². The predicted octanol–water partition coefficient (Wildman–Crippen LogP) is 2.49. The standard InChI is InChI=1S/C13H18BrNO2/c1-3-17-13(16)10-15(2)9-8-11-4-6-12(14)7-5-11/h4-7H,3,8-10H2,1-2H3. The van der Waals surface area contributed by atoms with Gasteiger partial charge in [0.05, 0.1) is 13.2 Å². The van der Waals surface area contributed by atoms with E-state index in [1.54, 1.807) is 0 Å². The van der Waals surface area contributed by atoms with E-state index in [9.17, 15) is 4.79 Å². The number of nitrogens with zero attached hydrogens (tertiary/aromatic N) is 1. The Hall–Kier alpha value is -0.870. The van der Waals surface area contributed by atoms with Gasteiger partial charge in [-0.1, -0.05) is 28.1 Å². The third-order valence-corrected chi connectivity index (χ3v) is 2.93. The molecule has 0 atom stereocenters. The summed E-state index contributed by atoms with van der Waals surface area (Å²) in [6.07, 6.45) is 0.934. The third kappa shape index (κ3) is 5.84. The van der Waals surface area contributed by atoms with Gasteiger partial charge in [-0.15, -0.1) is 0 Å². The number of benzene rings is 1. The topological polar surface area (TPSA) is 29.5 Å². The van der Waals surface area contributed by atoms with Gasteiger partial charge in [0.25, 0.3) is 0 Å². The fourth-order valence-corrected chi connectivity index (χ4v) is 1.74. The lowest BCUT2D eigenvalue weighted by Crippen LogP contribution is -2.29. The summed E-state index contributed by atoms with van der Waals surface area (Å²) in [5.41, 5.74) is 1.27. The van der Waals surface area contributed by atoms with Gasteiger partial charge in [0.1, 0.15) is 0 Å². The van der Waals surface area contributed by atoms with Crippen LogP contribution in [0.15, 0.2) is 28.7 Å². The van der Waals surface area contributed by atoms with E-state index in [0.29, 0.717) is 13.2 Å². The average molecular weight is 300 g/mol. The SMILES string of the molecule is CCOC(=O)CN(C)CCc1ccc(Br)cc1. The highest BCUT2D eigenvalue weighted by Gasteiger charge is 2.06. The van der Waals surface area contributed by atoms with Crippen molar-refractivity contribution >= 4 is 21.9 Å². The quantitative estimate of drug-likeness (QED) is 0.756. The van der Waals surface area contributed by atoms with Crippen LogP contribution in [-0.2, 0) is 16.0 Å². The van der Waals surface area contributed by atoms with Crippen LogP contribution in [0.25, 0.3) is 0 Å². The van der Waals surface area contributed by atoms with E-state index in [2.05, 4.69) is 28.1 Å². The number of hydrogen-bond donors (Lipinski definition) is 0. The highest BCUT2D eigenvalue weighted by Crippen LogP contribution is 2.11. The summed E-state index contributed by atoms with van der Waals surface area (Å²) in [5, 5.41) is 0. The van der Waals surface area contributed by atoms with Gasteiger partial charge in [0, 0.05) is 11.0 Å². The molecule has 0 fully saturated rings. The molecule has 0 aliphatic carbocycles. The molecule has 94 valence electrons. The molecule has 0 saturated heterocycles. The van der Waals surface area contributed by atoms with E-state index in [-0.39, 0.29) is 5.97 Å². The Bertz CT molecular complexity index is 351. The largest absolute Gasteiger partial charge is 0.465 e. The van der Waals surface area contributed by atoms with E-state index >= 15 is 0 Å². The summed E-state index contributed by atoms with van der Waals surface area (Å²) in [4.78, 5) is 13.2. The molecular weight excluding hydrogens is 282 g/mol. The number of esters is 1. The van der Waals surface area contributed by atoms with Gasteiger partial charge in [-0.3, -0.25) is 9.69 Å². The molecule has 0 radical (unpaired) electrons. The molecule has 0 bridgehead atoms. The van der Waals surface area contributed by atoms with E-state index in [0.717, 1.165) is 17.4 Å². The zero-order valence-electron chi connectivity index (χ0n) is 10.3. The number of carbonyl (C=O) groups excluding carboxylic acids is 1. The summed E-state index contributed by atoms with van der Waals surface area (Å²) in [5.74, 6) is -0.161. The lowest BCUT2D eigenvalue weighted by molar-refractivity contribution is -0.144. The van der Waals surface area contributed by atoms with Crippen molar-refractivity contribution in [2.24, 2.45) is 0 Å². The average Bonchev–Trinajstić information content (AvgIpc) is 2.28. The summed E-state index contributed by atoms with van der Waals surface area (Å²) in [6, 6.07) is 8.23. The molecule has 1 aromatic rings. The number of hydrogen-bond acceptors (Lipinski definition) is 3. The third-order valence-electron chi connectivity index (χ3n) is 2.40. The number of halogens is 1. The minimum Gasteiger partial charge on any atom is -0.465 e. The molecule has 1 aromatic carbocycles. The van der Waals surface area contributed by atoms with Gasteiger partial charge >= 0.3 is 5.97 Å². The van der Waals surface area contributed by atoms with E-state index < -0.39 is 0 Å². The lowest BCUT2D eigenvalue weighted by Gasteiger charge is -2.15. The minimum atomic E-state index is -0.161. The van der Waals surface area contributed by atoms with E-state index in [1.165, 1.54) is 5.56 Å². The first-order valence-corrected chi connectivity index (χ1v) is 6.49. The first-order chi connectivity index (χ1) is 8.11. The van der Waals surface area contributed by atoms with Gasteiger partial charge in [0.15, 0.2) is 0 Å². The zero-order valence-corrected chi connectivity index (χ0v) is 11.9. The Morgan fingerprint density at radius 2 is 2.00 bits per heavy atom. The van der Waals surface area contributed by atoms with E-state index in [4.69, 9.17) is 4.74 Å². The molecule has 0 unspecified atom stereocenters. The maximum Gasteiger partial charge on any atom is 0.320 e. The van der Waals surface area contributed by atoms with Crippen LogP contribution in [0, 0.1) is 0 Å². The van der Waals surface area contributed by atoms with Crippen molar-refractivity contribution in [2.75, 3.05) is 26.7 Å². The Kier molecular flexibility index (Phi) is 6.22. The Morgan fingerprint density at radius 3 is 2.59 bits per heavy atom. The van der Waals surface area contributed by atoms with Crippen molar-refractivity contribution in [2.45, 2.75) is 13.3 Å². The highest BCUT2D eigenvalue weighted by molar-refractivity contribution is 9.10. The van der Waals surface area contributed by atoms with E-state index in [1.807, 2.05) is 31.0 Å². The monoisotopic (exact) mass is 299 g/mol. The van der Waals surface area contributed by atoms with Gasteiger partial charge in [-0.25, -0.2) is 0 Å². The molecule has 0 aliphatic heterocycles. The summed E-state index contributed by atoms with van der Waals surface area (Å²) >= 11 is 3.40. The van der Waals surface area contributed by atoms with Crippen molar-refractivity contribution in [1.82, 2.24) is 4.90 Å². The minimum absolute atomic E-state index is 0.161. The Labute approximate surface area is 111 Å². The van der Waals surface area contributed by atoms with Crippen LogP contribution in [0.2, 0.25) is 0 Å². The molecule has 0 amide bonds. The number of ether oxygens (including phenoxy) is 1. The molecule has 1 rings (SSSR count). The Morgan fingerprint density at radius 1 is 1.35 bits per heavy atom. The molecular formula is C13H18BrNO2. The first kappa shape index (κ1) is 14.2. The number of rotatable bonds is 6. The van der Waals surface area contributed by atoms with Crippen LogP contribution in [0.1, 0.15) is 12.5 Å². The molecule has 0 heterocycles. The van der Waals surface area contributed by atoms with Crippen LogP contribution < -0.4 is 0 Å². The van der Waals surface area contributed by atoms with Crippen molar-refractivity contribution in [3.05, 3.63) is 34.3 Å². The smallest absolute Gasteiger partial charge is 0.320 e. The molecule has 3 nitrogen and oxygen atoms in total. The van der Waals surface area contributed by atoms with Crippen LogP contribution >= 0.6 is 15.9 Å². The van der Waals surface area contributed by atoms with Crippen LogP contribution in [-0.4, -0.2) is 37.6 Å². The first-order valence-electron chi connectivity index (χ1n) is 5.70. The van der Waals surface area contributed by atoms with Gasteiger partial charge < -0.3 is 4.74 Å². The molecule has 17 heavy (non-hydrogen) atoms. The molecule has 0 spiro atoms. The maximum atomic E-state index is 11.2. The second-order valence-corrected chi connectivity index (χ2v) is 4.83. The molecule has 0 N–H and O–H groups in total. The summed E-state index contributed by atoms with van der Waals surface area (Å²) in [6.45, 7) is 3.46. The number of likely N-dealkylation sites (N-methyl/N-ethyl adjacent to an activating group) is 1. The molecule has 0 aromatic heterocycles. The normalized spacial score (nSPS) is 10.6. The maximum absolute atomic E-state index is 11.2. The van der Waals surface area contributed by atoms with Crippen LogP contribution in [0.4, 0.5) is 0 Å². The lowest BCUT2D eigenvalue weighted by atomic mass is 10.1. The molecule has 0 aliphatic rings. The zero-order chi connectivity index (χ0) is 12.7. The second-order valence-electron chi connectivity index (χ2n) is 3.92. The number of carbonyl (C=O) groups is 1. The summed E-state index contributed by atoms with van der Waals surface area (Å²) in [7, 11) is 1.93. The van der Waals surface area contributed by atoms with Gasteiger partial charge in [-0.05, 0) is 38.1 Å². The molecule has 0 saturated carbocycles. The fraction of sp³-hybridized carbons (Fsp3) is 0.462. The van der Waals surface area contributed by atoms with Crippen molar-refractivity contribution in [1.29, 1.82) is 0 Å². The van der Waals surface area contributed by atoms with Crippen molar-refractivity contribution < 1.29 is 9.53 Å². The fourth-order valence-electron chi connectivity index (χ4n) is 1.48. The van der Waals surface area contributed by atoms with Crippen molar-refractivity contribution in [3.8, 4) is 0 Å². The molecule has 4 heteroatoms. The van der Waals surface area contributed by atoms with Crippen molar-refractivity contribution in [3.63, 3.8) is 0 Å². The summed E-state index contributed by atoms with van der Waals surface area (Å²) < 4.78 is 5.98. The Balaban J connectivity index is 2.30. The second kappa shape index (κ2) is 7.45. The van der Waals surface area contributed by atoms with Gasteiger partial charge in [0.2, 0.25) is 0 Å². The van der Waals surface area contributed by atoms with Gasteiger partial charge in [-0.2, -0.15) is 0 Å². The van der Waals surface area contributed by atoms with Crippen LogP contribution in [0.3, 0.4) is 0 Å². The predicted molar refractivity (Wildman–Crippen MR) is 72.0 cm³/mol. The highest BCUT2D eigenvalue weighted by atomic mass is 79.9.